The summed E-state index contributed by atoms with van der Waals surface area (Å²) in [7, 11) is 0. The molecular formula is C15H16ClN3. The number of benzene rings is 2. The summed E-state index contributed by atoms with van der Waals surface area (Å²) < 4.78 is 0. The van der Waals surface area contributed by atoms with Crippen LogP contribution in [-0.2, 0) is 6.54 Å². The van der Waals surface area contributed by atoms with Gasteiger partial charge in [-0.1, -0.05) is 59.3 Å². The quantitative estimate of drug-likeness (QED) is 0.565. The molecule has 2 aromatic carbocycles. The monoisotopic (exact) mass is 273 g/mol. The van der Waals surface area contributed by atoms with Crippen LogP contribution >= 0.6 is 11.6 Å². The fourth-order valence-electron chi connectivity index (χ4n) is 1.65. The minimum absolute atomic E-state index is 0.613. The van der Waals surface area contributed by atoms with Crippen molar-refractivity contribution in [3.63, 3.8) is 0 Å². The molecule has 0 aliphatic carbocycles. The first kappa shape index (κ1) is 13.6. The van der Waals surface area contributed by atoms with Crippen molar-refractivity contribution in [2.45, 2.75) is 13.5 Å². The summed E-state index contributed by atoms with van der Waals surface area (Å²) in [6, 6.07) is 17.6. The SMILES string of the molecule is CCN(Cc1ccccc1)N=Nc1ccccc1Cl. The summed E-state index contributed by atoms with van der Waals surface area (Å²) in [5.41, 5.74) is 1.90. The Morgan fingerprint density at radius 2 is 1.68 bits per heavy atom. The van der Waals surface area contributed by atoms with Gasteiger partial charge in [0.1, 0.15) is 5.69 Å². The smallest absolute Gasteiger partial charge is 0.106 e. The van der Waals surface area contributed by atoms with Crippen LogP contribution in [0.4, 0.5) is 5.69 Å². The van der Waals surface area contributed by atoms with Gasteiger partial charge in [-0.3, -0.25) is 5.01 Å². The van der Waals surface area contributed by atoms with Crippen molar-refractivity contribution < 1.29 is 0 Å². The summed E-state index contributed by atoms with van der Waals surface area (Å²) in [6.45, 7) is 3.59. The van der Waals surface area contributed by atoms with Gasteiger partial charge in [0, 0.05) is 6.54 Å². The van der Waals surface area contributed by atoms with Crippen molar-refractivity contribution in [3.05, 3.63) is 65.2 Å². The Balaban J connectivity index is 2.05. The topological polar surface area (TPSA) is 28.0 Å². The van der Waals surface area contributed by atoms with E-state index in [1.807, 2.05) is 47.5 Å². The van der Waals surface area contributed by atoms with Gasteiger partial charge in [0.25, 0.3) is 0 Å². The first-order chi connectivity index (χ1) is 9.29. The van der Waals surface area contributed by atoms with Gasteiger partial charge in [-0.15, -0.1) is 5.11 Å². The fourth-order valence-corrected chi connectivity index (χ4v) is 1.82. The molecule has 0 fully saturated rings. The normalized spacial score (nSPS) is 10.8. The molecule has 98 valence electrons. The molecule has 0 N–H and O–H groups in total. The van der Waals surface area contributed by atoms with E-state index in [4.69, 9.17) is 11.6 Å². The molecular weight excluding hydrogens is 258 g/mol. The second-order valence-corrected chi connectivity index (χ2v) is 4.51. The number of hydrogen-bond acceptors (Lipinski definition) is 2. The predicted octanol–water partition coefficient (Wildman–Crippen LogP) is 4.86. The van der Waals surface area contributed by atoms with E-state index >= 15 is 0 Å². The van der Waals surface area contributed by atoms with Crippen molar-refractivity contribution in [1.29, 1.82) is 0 Å². The average molecular weight is 274 g/mol. The van der Waals surface area contributed by atoms with Crippen LogP contribution < -0.4 is 0 Å². The third kappa shape index (κ3) is 4.07. The lowest BCUT2D eigenvalue weighted by atomic mass is 10.2. The van der Waals surface area contributed by atoms with Crippen LogP contribution in [0.2, 0.25) is 5.02 Å². The Bertz CT molecular complexity index is 540. The van der Waals surface area contributed by atoms with Crippen LogP contribution in [0.25, 0.3) is 0 Å². The fraction of sp³-hybridized carbons (Fsp3) is 0.200. The van der Waals surface area contributed by atoms with Gasteiger partial charge in [0.05, 0.1) is 11.6 Å². The maximum absolute atomic E-state index is 6.04. The third-order valence-electron chi connectivity index (χ3n) is 2.70. The molecule has 0 spiro atoms. The molecule has 0 aromatic heterocycles. The summed E-state index contributed by atoms with van der Waals surface area (Å²) >= 11 is 6.04. The summed E-state index contributed by atoms with van der Waals surface area (Å²) in [5, 5.41) is 10.9. The summed E-state index contributed by atoms with van der Waals surface area (Å²) in [6.07, 6.45) is 0. The Morgan fingerprint density at radius 1 is 1.00 bits per heavy atom. The third-order valence-corrected chi connectivity index (χ3v) is 3.02. The van der Waals surface area contributed by atoms with E-state index < -0.39 is 0 Å². The Morgan fingerprint density at radius 3 is 2.37 bits per heavy atom. The molecule has 0 radical (unpaired) electrons. The highest BCUT2D eigenvalue weighted by Gasteiger charge is 2.01. The molecule has 0 saturated carbocycles. The zero-order valence-corrected chi connectivity index (χ0v) is 11.6. The maximum Gasteiger partial charge on any atom is 0.106 e. The Kier molecular flexibility index (Phi) is 4.93. The molecule has 3 nitrogen and oxygen atoms in total. The van der Waals surface area contributed by atoms with Crippen LogP contribution in [0, 0.1) is 0 Å². The molecule has 0 amide bonds. The van der Waals surface area contributed by atoms with Gasteiger partial charge in [0.15, 0.2) is 0 Å². The molecule has 0 bridgehead atoms. The van der Waals surface area contributed by atoms with Crippen molar-refractivity contribution in [2.24, 2.45) is 10.3 Å². The lowest BCUT2D eigenvalue weighted by molar-refractivity contribution is 0.276. The van der Waals surface area contributed by atoms with Crippen LogP contribution in [0.15, 0.2) is 64.9 Å². The molecule has 0 heterocycles. The zero-order valence-electron chi connectivity index (χ0n) is 10.8. The molecule has 0 atom stereocenters. The first-order valence-corrected chi connectivity index (χ1v) is 6.62. The highest BCUT2D eigenvalue weighted by Crippen LogP contribution is 2.24. The van der Waals surface area contributed by atoms with Crippen LogP contribution in [-0.4, -0.2) is 11.6 Å². The largest absolute Gasteiger partial charge is 0.274 e. The number of hydrogen-bond donors (Lipinski definition) is 0. The van der Waals surface area contributed by atoms with Gasteiger partial charge in [-0.05, 0) is 24.6 Å². The van der Waals surface area contributed by atoms with E-state index in [9.17, 15) is 0 Å². The van der Waals surface area contributed by atoms with Crippen molar-refractivity contribution in [1.82, 2.24) is 5.01 Å². The second kappa shape index (κ2) is 6.90. The first-order valence-electron chi connectivity index (χ1n) is 6.24. The van der Waals surface area contributed by atoms with Crippen LogP contribution in [0.1, 0.15) is 12.5 Å². The minimum atomic E-state index is 0.613. The Hall–Kier alpha value is -1.87. The lowest BCUT2D eigenvalue weighted by Gasteiger charge is -2.15. The van der Waals surface area contributed by atoms with E-state index in [0.717, 1.165) is 13.1 Å². The van der Waals surface area contributed by atoms with Gasteiger partial charge in [-0.2, -0.15) is 0 Å². The highest BCUT2D eigenvalue weighted by molar-refractivity contribution is 6.32. The van der Waals surface area contributed by atoms with Crippen molar-refractivity contribution >= 4 is 17.3 Å². The molecule has 0 saturated heterocycles. The van der Waals surface area contributed by atoms with Gasteiger partial charge >= 0.3 is 0 Å². The van der Waals surface area contributed by atoms with E-state index in [-0.39, 0.29) is 0 Å². The van der Waals surface area contributed by atoms with Crippen LogP contribution in [0.5, 0.6) is 0 Å². The molecule has 2 aromatic rings. The maximum atomic E-state index is 6.04. The second-order valence-electron chi connectivity index (χ2n) is 4.11. The zero-order chi connectivity index (χ0) is 13.5. The molecule has 2 rings (SSSR count). The molecule has 19 heavy (non-hydrogen) atoms. The number of nitrogens with zero attached hydrogens (tertiary/aromatic N) is 3. The van der Waals surface area contributed by atoms with E-state index in [1.165, 1.54) is 5.56 Å². The van der Waals surface area contributed by atoms with Gasteiger partial charge < -0.3 is 0 Å². The lowest BCUT2D eigenvalue weighted by Crippen LogP contribution is -2.15. The van der Waals surface area contributed by atoms with E-state index in [0.29, 0.717) is 10.7 Å². The van der Waals surface area contributed by atoms with E-state index in [2.05, 4.69) is 29.4 Å². The van der Waals surface area contributed by atoms with Gasteiger partial charge in [0.2, 0.25) is 0 Å². The highest BCUT2D eigenvalue weighted by atomic mass is 35.5. The van der Waals surface area contributed by atoms with Crippen molar-refractivity contribution in [2.75, 3.05) is 6.54 Å². The summed E-state index contributed by atoms with van der Waals surface area (Å²) in [4.78, 5) is 0. The summed E-state index contributed by atoms with van der Waals surface area (Å²) in [5.74, 6) is 0. The van der Waals surface area contributed by atoms with Crippen LogP contribution in [0.3, 0.4) is 0 Å². The van der Waals surface area contributed by atoms with E-state index in [1.54, 1.807) is 0 Å². The Labute approximate surface area is 118 Å². The minimum Gasteiger partial charge on any atom is -0.274 e. The standard InChI is InChI=1S/C15H16ClN3/c1-2-19(12-13-8-4-3-5-9-13)18-17-15-11-7-6-10-14(15)16/h3-11H,2,12H2,1H3. The molecule has 0 aliphatic rings. The molecule has 4 heteroatoms. The van der Waals surface area contributed by atoms with Crippen molar-refractivity contribution in [3.8, 4) is 0 Å². The molecule has 0 unspecified atom stereocenters. The molecule has 0 aliphatic heterocycles. The van der Waals surface area contributed by atoms with Gasteiger partial charge in [-0.25, -0.2) is 0 Å². The average Bonchev–Trinajstić information content (AvgIpc) is 2.46. The number of rotatable bonds is 5. The number of halogens is 1. The predicted molar refractivity (Wildman–Crippen MR) is 78.5 cm³/mol.